The zero-order valence-electron chi connectivity index (χ0n) is 9.33. The third-order valence-corrected chi connectivity index (χ3v) is 2.64. The summed E-state index contributed by atoms with van der Waals surface area (Å²) in [6.45, 7) is 0.0258. The number of aliphatic hydroxyl groups excluding tert-OH is 1. The van der Waals surface area contributed by atoms with Crippen LogP contribution in [0.25, 0.3) is 11.0 Å². The minimum atomic E-state index is -0.878. The van der Waals surface area contributed by atoms with Crippen molar-refractivity contribution in [2.75, 3.05) is 6.61 Å². The molecule has 2 heterocycles. The van der Waals surface area contributed by atoms with Gasteiger partial charge in [-0.05, 0) is 31.0 Å². The van der Waals surface area contributed by atoms with Gasteiger partial charge in [-0.25, -0.2) is 0 Å². The molecule has 0 amide bonds. The molecular formula is C12H14N2O3. The maximum Gasteiger partial charge on any atom is 0.323 e. The van der Waals surface area contributed by atoms with E-state index in [1.807, 2.05) is 12.1 Å². The van der Waals surface area contributed by atoms with E-state index < -0.39 is 5.97 Å². The molecule has 0 radical (unpaired) electrons. The van der Waals surface area contributed by atoms with Crippen molar-refractivity contribution < 1.29 is 15.0 Å². The highest BCUT2D eigenvalue weighted by Gasteiger charge is 2.11. The molecule has 0 spiro atoms. The Morgan fingerprint density at radius 2 is 2.29 bits per heavy atom. The first kappa shape index (κ1) is 11.6. The lowest BCUT2D eigenvalue weighted by Crippen LogP contribution is -2.11. The van der Waals surface area contributed by atoms with Crippen LogP contribution in [0.2, 0.25) is 0 Å². The lowest BCUT2D eigenvalue weighted by molar-refractivity contribution is -0.137. The number of nitrogens with zero attached hydrogens (tertiary/aromatic N) is 2. The summed E-state index contributed by atoms with van der Waals surface area (Å²) in [5, 5.41) is 17.7. The molecule has 0 aliphatic rings. The predicted octanol–water partition coefficient (Wildman–Crippen LogP) is 1.05. The number of carboxylic acid groups (broad SMARTS) is 1. The SMILES string of the molecule is O=C(O)Cn1c(CCCO)cc2ncccc21. The molecule has 2 aromatic heterocycles. The second-order valence-electron chi connectivity index (χ2n) is 3.85. The molecule has 5 nitrogen and oxygen atoms in total. The van der Waals surface area contributed by atoms with Crippen molar-refractivity contribution in [3.8, 4) is 0 Å². The Kier molecular flexibility index (Phi) is 3.39. The van der Waals surface area contributed by atoms with E-state index in [1.54, 1.807) is 16.8 Å². The average molecular weight is 234 g/mol. The number of aromatic nitrogens is 2. The van der Waals surface area contributed by atoms with Crippen molar-refractivity contribution in [1.29, 1.82) is 0 Å². The lowest BCUT2D eigenvalue weighted by atomic mass is 10.2. The van der Waals surface area contributed by atoms with E-state index in [2.05, 4.69) is 4.98 Å². The highest BCUT2D eigenvalue weighted by atomic mass is 16.4. The first-order chi connectivity index (χ1) is 8.22. The number of carboxylic acids is 1. The molecule has 0 aromatic carbocycles. The number of hydrogen-bond acceptors (Lipinski definition) is 3. The Labute approximate surface area is 98.3 Å². The van der Waals surface area contributed by atoms with Crippen LogP contribution in [-0.2, 0) is 17.8 Å². The van der Waals surface area contributed by atoms with Crippen LogP contribution in [-0.4, -0.2) is 32.3 Å². The molecule has 5 heteroatoms. The molecule has 0 fully saturated rings. The fourth-order valence-electron chi connectivity index (χ4n) is 1.93. The van der Waals surface area contributed by atoms with Gasteiger partial charge in [0, 0.05) is 18.5 Å². The van der Waals surface area contributed by atoms with Gasteiger partial charge >= 0.3 is 5.97 Å². The van der Waals surface area contributed by atoms with E-state index in [-0.39, 0.29) is 13.2 Å². The molecule has 90 valence electrons. The van der Waals surface area contributed by atoms with E-state index in [1.165, 1.54) is 0 Å². The number of pyridine rings is 1. The predicted molar refractivity (Wildman–Crippen MR) is 62.8 cm³/mol. The van der Waals surface area contributed by atoms with Gasteiger partial charge in [-0.3, -0.25) is 9.78 Å². The van der Waals surface area contributed by atoms with Crippen molar-refractivity contribution >= 4 is 17.0 Å². The molecule has 2 N–H and O–H groups in total. The van der Waals surface area contributed by atoms with Gasteiger partial charge in [-0.15, -0.1) is 0 Å². The van der Waals surface area contributed by atoms with Crippen LogP contribution in [0.15, 0.2) is 24.4 Å². The normalized spacial score (nSPS) is 10.9. The van der Waals surface area contributed by atoms with Crippen molar-refractivity contribution in [2.45, 2.75) is 19.4 Å². The van der Waals surface area contributed by atoms with Gasteiger partial charge in [0.15, 0.2) is 0 Å². The molecule has 0 aliphatic heterocycles. The molecule has 0 saturated carbocycles. The maximum atomic E-state index is 10.8. The van der Waals surface area contributed by atoms with Crippen LogP contribution in [0.4, 0.5) is 0 Å². The summed E-state index contributed by atoms with van der Waals surface area (Å²) < 4.78 is 1.74. The van der Waals surface area contributed by atoms with Crippen LogP contribution < -0.4 is 0 Å². The van der Waals surface area contributed by atoms with E-state index in [0.717, 1.165) is 16.7 Å². The number of hydrogen-bond donors (Lipinski definition) is 2. The zero-order valence-corrected chi connectivity index (χ0v) is 9.33. The molecule has 2 aromatic rings. The van der Waals surface area contributed by atoms with Gasteiger partial charge < -0.3 is 14.8 Å². The minimum absolute atomic E-state index is 0.0735. The quantitative estimate of drug-likeness (QED) is 0.810. The monoisotopic (exact) mass is 234 g/mol. The van der Waals surface area contributed by atoms with Gasteiger partial charge in [-0.1, -0.05) is 0 Å². The topological polar surface area (TPSA) is 75.3 Å². The van der Waals surface area contributed by atoms with E-state index >= 15 is 0 Å². The first-order valence-corrected chi connectivity index (χ1v) is 5.48. The molecule has 0 bridgehead atoms. The third-order valence-electron chi connectivity index (χ3n) is 2.64. The average Bonchev–Trinajstić information content (AvgIpc) is 2.64. The van der Waals surface area contributed by atoms with Crippen LogP contribution in [0, 0.1) is 0 Å². The van der Waals surface area contributed by atoms with Crippen molar-refractivity contribution in [2.24, 2.45) is 0 Å². The van der Waals surface area contributed by atoms with Crippen LogP contribution in [0.1, 0.15) is 12.1 Å². The standard InChI is InChI=1S/C12H14N2O3/c15-6-2-3-9-7-10-11(4-1-5-13-10)14(9)8-12(16)17/h1,4-5,7,15H,2-3,6,8H2,(H,16,17). The molecule has 2 rings (SSSR count). The maximum absolute atomic E-state index is 10.8. The molecule has 0 saturated heterocycles. The van der Waals surface area contributed by atoms with Gasteiger partial charge in [0.25, 0.3) is 0 Å². The Morgan fingerprint density at radius 3 is 3.00 bits per heavy atom. The Morgan fingerprint density at radius 1 is 1.47 bits per heavy atom. The van der Waals surface area contributed by atoms with Crippen LogP contribution >= 0.6 is 0 Å². The molecular weight excluding hydrogens is 220 g/mol. The van der Waals surface area contributed by atoms with Crippen LogP contribution in [0.5, 0.6) is 0 Å². The molecule has 0 unspecified atom stereocenters. The van der Waals surface area contributed by atoms with Gasteiger partial charge in [0.2, 0.25) is 0 Å². The first-order valence-electron chi connectivity index (χ1n) is 5.48. The Bertz CT molecular complexity index is 534. The number of fused-ring (bicyclic) bond motifs is 1. The minimum Gasteiger partial charge on any atom is -0.480 e. The zero-order chi connectivity index (χ0) is 12.3. The van der Waals surface area contributed by atoms with E-state index in [0.29, 0.717) is 12.8 Å². The summed E-state index contributed by atoms with van der Waals surface area (Å²) in [6.07, 6.45) is 2.96. The number of rotatable bonds is 5. The summed E-state index contributed by atoms with van der Waals surface area (Å²) in [5.74, 6) is -0.878. The highest BCUT2D eigenvalue weighted by molar-refractivity contribution is 5.79. The van der Waals surface area contributed by atoms with Gasteiger partial charge in [0.05, 0.1) is 11.0 Å². The smallest absolute Gasteiger partial charge is 0.323 e. The number of aryl methyl sites for hydroxylation is 1. The highest BCUT2D eigenvalue weighted by Crippen LogP contribution is 2.18. The number of aliphatic carboxylic acids is 1. The summed E-state index contributed by atoms with van der Waals surface area (Å²) in [4.78, 5) is 15.0. The fourth-order valence-corrected chi connectivity index (χ4v) is 1.93. The van der Waals surface area contributed by atoms with Crippen molar-refractivity contribution in [3.05, 3.63) is 30.1 Å². The van der Waals surface area contributed by atoms with Gasteiger partial charge in [0.1, 0.15) is 6.54 Å². The third kappa shape index (κ3) is 2.45. The Hall–Kier alpha value is -1.88. The van der Waals surface area contributed by atoms with Crippen molar-refractivity contribution in [3.63, 3.8) is 0 Å². The number of aliphatic hydroxyl groups is 1. The fraction of sp³-hybridized carbons (Fsp3) is 0.333. The van der Waals surface area contributed by atoms with E-state index in [9.17, 15) is 4.79 Å². The summed E-state index contributed by atoms with van der Waals surface area (Å²) in [6, 6.07) is 5.53. The Balaban J connectivity index is 2.44. The molecule has 17 heavy (non-hydrogen) atoms. The van der Waals surface area contributed by atoms with Crippen LogP contribution in [0.3, 0.4) is 0 Å². The summed E-state index contributed by atoms with van der Waals surface area (Å²) in [7, 11) is 0. The second-order valence-corrected chi connectivity index (χ2v) is 3.85. The van der Waals surface area contributed by atoms with E-state index in [4.69, 9.17) is 10.2 Å². The lowest BCUT2D eigenvalue weighted by Gasteiger charge is -2.06. The molecule has 0 atom stereocenters. The van der Waals surface area contributed by atoms with Gasteiger partial charge in [-0.2, -0.15) is 0 Å². The summed E-state index contributed by atoms with van der Waals surface area (Å²) >= 11 is 0. The largest absolute Gasteiger partial charge is 0.480 e. The van der Waals surface area contributed by atoms with Crippen molar-refractivity contribution in [1.82, 2.24) is 9.55 Å². The molecule has 0 aliphatic carbocycles. The second kappa shape index (κ2) is 4.97. The summed E-state index contributed by atoms with van der Waals surface area (Å²) in [5.41, 5.74) is 2.51. The number of carbonyl (C=O) groups is 1.